The van der Waals surface area contributed by atoms with Crippen LogP contribution in [0, 0.1) is 17.5 Å². The lowest BCUT2D eigenvalue weighted by atomic mass is 10.0. The van der Waals surface area contributed by atoms with Gasteiger partial charge in [0, 0.05) is 50.6 Å². The van der Waals surface area contributed by atoms with E-state index in [0.717, 1.165) is 6.26 Å². The molecule has 2 aromatic rings. The summed E-state index contributed by atoms with van der Waals surface area (Å²) in [4.78, 5) is 18.7. The van der Waals surface area contributed by atoms with Gasteiger partial charge in [0.2, 0.25) is 0 Å². The van der Waals surface area contributed by atoms with E-state index in [1.54, 1.807) is 0 Å². The van der Waals surface area contributed by atoms with E-state index < -0.39 is 61.7 Å². The predicted octanol–water partition coefficient (Wildman–Crippen LogP) is 3.57. The van der Waals surface area contributed by atoms with Gasteiger partial charge in [-0.15, -0.1) is 0 Å². The Bertz CT molecular complexity index is 1280. The first-order valence-corrected chi connectivity index (χ1v) is 12.8. The number of carbonyl (C=O) groups is 1. The number of likely N-dealkylation sites (tertiary alicyclic amines) is 1. The summed E-state index contributed by atoms with van der Waals surface area (Å²) >= 11 is 0. The molecule has 1 aromatic heterocycles. The fourth-order valence-corrected chi connectivity index (χ4v) is 5.12. The maximum Gasteiger partial charge on any atom is 0.417 e. The third-order valence-electron chi connectivity index (χ3n) is 6.20. The highest BCUT2D eigenvalue weighted by molar-refractivity contribution is 7.90. The number of hydrogen-bond acceptors (Lipinski definition) is 6. The quantitative estimate of drug-likeness (QED) is 0.543. The fraction of sp³-hybridized carbons (Fsp3) is 0.455. The van der Waals surface area contributed by atoms with Gasteiger partial charge >= 0.3 is 6.18 Å². The summed E-state index contributed by atoms with van der Waals surface area (Å²) in [6.07, 6.45) is -3.56. The van der Waals surface area contributed by atoms with Crippen LogP contribution in [0.15, 0.2) is 29.3 Å². The van der Waals surface area contributed by atoms with Crippen molar-refractivity contribution in [1.82, 2.24) is 9.88 Å². The standard InChI is InChI=1S/C22H21F6N3O4S/c1-36(33,34)19-10-14(23)18(9-15(19)24)35-17-4-7-31(21(17)32)13-2-5-30(6-3-13)20-16(25)8-12(11-29-20)22(26,27)28/h8-11,13,17H,2-7H2,1H3/t17-/m0/s1. The molecule has 0 saturated carbocycles. The number of carbonyl (C=O) groups excluding carboxylic acids is 1. The predicted molar refractivity (Wildman–Crippen MR) is 115 cm³/mol. The molecule has 0 bridgehead atoms. The van der Waals surface area contributed by atoms with Crippen LogP contribution in [0.1, 0.15) is 24.8 Å². The lowest BCUT2D eigenvalue weighted by Gasteiger charge is -2.37. The molecule has 4 rings (SSSR count). The number of nitrogens with zero attached hydrogens (tertiary/aromatic N) is 3. The van der Waals surface area contributed by atoms with Crippen molar-refractivity contribution in [2.45, 2.75) is 42.5 Å². The van der Waals surface area contributed by atoms with Crippen molar-refractivity contribution in [2.75, 3.05) is 30.8 Å². The Morgan fingerprint density at radius 3 is 2.22 bits per heavy atom. The number of anilines is 1. The Kier molecular flexibility index (Phi) is 6.84. The second kappa shape index (κ2) is 9.45. The molecule has 14 heteroatoms. The number of amides is 1. The van der Waals surface area contributed by atoms with E-state index in [1.165, 1.54) is 9.80 Å². The van der Waals surface area contributed by atoms with Crippen molar-refractivity contribution in [3.8, 4) is 5.75 Å². The highest BCUT2D eigenvalue weighted by Crippen LogP contribution is 2.33. The largest absolute Gasteiger partial charge is 0.477 e. The zero-order valence-corrected chi connectivity index (χ0v) is 19.7. The van der Waals surface area contributed by atoms with Gasteiger partial charge in [-0.2, -0.15) is 13.2 Å². The zero-order chi connectivity index (χ0) is 26.4. The Morgan fingerprint density at radius 2 is 1.64 bits per heavy atom. The Labute approximate surface area is 202 Å². The molecule has 196 valence electrons. The fourth-order valence-electron chi connectivity index (χ4n) is 4.39. The second-order valence-corrected chi connectivity index (χ2v) is 10.6. The minimum atomic E-state index is -4.71. The maximum absolute atomic E-state index is 14.3. The van der Waals surface area contributed by atoms with E-state index in [9.17, 15) is 39.6 Å². The average molecular weight is 537 g/mol. The molecule has 0 unspecified atom stereocenters. The molecule has 1 atom stereocenters. The summed E-state index contributed by atoms with van der Waals surface area (Å²) in [7, 11) is -4.00. The van der Waals surface area contributed by atoms with E-state index in [2.05, 4.69) is 4.98 Å². The smallest absolute Gasteiger partial charge is 0.417 e. The lowest BCUT2D eigenvalue weighted by Crippen LogP contribution is -2.47. The van der Waals surface area contributed by atoms with Crippen LogP contribution in [0.4, 0.5) is 32.2 Å². The molecular formula is C22H21F6N3O4S. The van der Waals surface area contributed by atoms with Gasteiger partial charge in [-0.1, -0.05) is 0 Å². The van der Waals surface area contributed by atoms with Crippen LogP contribution in [0.2, 0.25) is 0 Å². The molecule has 2 aliphatic rings. The number of alkyl halides is 3. The van der Waals surface area contributed by atoms with Crippen LogP contribution >= 0.6 is 0 Å². The number of hydrogen-bond donors (Lipinski definition) is 0. The summed E-state index contributed by atoms with van der Waals surface area (Å²) in [5, 5.41) is 0. The van der Waals surface area contributed by atoms with Crippen LogP contribution in [0.5, 0.6) is 5.75 Å². The van der Waals surface area contributed by atoms with Gasteiger partial charge in [0.05, 0.1) is 5.56 Å². The van der Waals surface area contributed by atoms with Gasteiger partial charge < -0.3 is 14.5 Å². The van der Waals surface area contributed by atoms with Crippen molar-refractivity contribution < 1.29 is 44.3 Å². The molecule has 2 aliphatic heterocycles. The van der Waals surface area contributed by atoms with E-state index >= 15 is 0 Å². The second-order valence-electron chi connectivity index (χ2n) is 8.66. The van der Waals surface area contributed by atoms with Crippen LogP contribution in [0.25, 0.3) is 0 Å². The van der Waals surface area contributed by atoms with Gasteiger partial charge in [-0.05, 0) is 25.0 Å². The SMILES string of the molecule is CS(=O)(=O)c1cc(F)c(O[C@H]2CCN(C3CCN(c4ncc(C(F)(F)F)cc4F)CC3)C2=O)cc1F. The third-order valence-corrected chi connectivity index (χ3v) is 7.31. The molecule has 0 radical (unpaired) electrons. The number of piperidine rings is 1. The van der Waals surface area contributed by atoms with Crippen LogP contribution in [-0.4, -0.2) is 62.2 Å². The molecule has 7 nitrogen and oxygen atoms in total. The van der Waals surface area contributed by atoms with Gasteiger partial charge in [0.15, 0.2) is 39.1 Å². The van der Waals surface area contributed by atoms with Crippen LogP contribution in [-0.2, 0) is 20.8 Å². The molecule has 1 amide bonds. The first-order chi connectivity index (χ1) is 16.8. The van der Waals surface area contributed by atoms with Crippen LogP contribution in [0.3, 0.4) is 0 Å². The summed E-state index contributed by atoms with van der Waals surface area (Å²) in [5.74, 6) is -4.66. The number of halogens is 6. The van der Waals surface area contributed by atoms with Crippen molar-refractivity contribution in [1.29, 1.82) is 0 Å². The topological polar surface area (TPSA) is 79.8 Å². The monoisotopic (exact) mass is 537 g/mol. The van der Waals surface area contributed by atoms with Gasteiger partial charge in [-0.25, -0.2) is 26.6 Å². The Morgan fingerprint density at radius 1 is 0.972 bits per heavy atom. The third kappa shape index (κ3) is 5.22. The average Bonchev–Trinajstić information content (AvgIpc) is 3.14. The molecular weight excluding hydrogens is 516 g/mol. The molecule has 2 saturated heterocycles. The highest BCUT2D eigenvalue weighted by atomic mass is 32.2. The number of benzene rings is 1. The van der Waals surface area contributed by atoms with E-state index in [-0.39, 0.29) is 37.9 Å². The molecule has 3 heterocycles. The first-order valence-electron chi connectivity index (χ1n) is 10.9. The number of pyridine rings is 1. The van der Waals surface area contributed by atoms with E-state index in [1.807, 2.05) is 0 Å². The summed E-state index contributed by atoms with van der Waals surface area (Å²) in [6, 6.07) is 1.21. The first kappa shape index (κ1) is 26.0. The van der Waals surface area contributed by atoms with Crippen molar-refractivity contribution in [2.24, 2.45) is 0 Å². The number of aromatic nitrogens is 1. The normalized spacial score (nSPS) is 19.8. The van der Waals surface area contributed by atoms with Gasteiger partial charge in [0.25, 0.3) is 5.91 Å². The van der Waals surface area contributed by atoms with Crippen molar-refractivity contribution in [3.63, 3.8) is 0 Å². The molecule has 1 aromatic carbocycles. The van der Waals surface area contributed by atoms with Crippen molar-refractivity contribution >= 4 is 21.6 Å². The molecule has 0 spiro atoms. The zero-order valence-electron chi connectivity index (χ0n) is 18.9. The molecule has 2 fully saturated rings. The van der Waals surface area contributed by atoms with Gasteiger partial charge in [0.1, 0.15) is 10.7 Å². The summed E-state index contributed by atoms with van der Waals surface area (Å²) < 4.78 is 109. The van der Waals surface area contributed by atoms with E-state index in [0.29, 0.717) is 37.2 Å². The van der Waals surface area contributed by atoms with E-state index in [4.69, 9.17) is 4.74 Å². The highest BCUT2D eigenvalue weighted by Gasteiger charge is 2.40. The molecule has 36 heavy (non-hydrogen) atoms. The summed E-state index contributed by atoms with van der Waals surface area (Å²) in [5.41, 5.74) is -1.19. The lowest BCUT2D eigenvalue weighted by molar-refractivity contribution is -0.138. The minimum absolute atomic E-state index is 0.184. The maximum atomic E-state index is 14.3. The van der Waals surface area contributed by atoms with Gasteiger partial charge in [-0.3, -0.25) is 4.79 Å². The summed E-state index contributed by atoms with van der Waals surface area (Å²) in [6.45, 7) is 0.747. The minimum Gasteiger partial charge on any atom is -0.477 e. The number of sulfone groups is 1. The number of ether oxygens (including phenoxy) is 1. The molecule has 0 N–H and O–H groups in total. The Balaban J connectivity index is 1.38. The number of rotatable bonds is 5. The van der Waals surface area contributed by atoms with Crippen LogP contribution < -0.4 is 9.64 Å². The molecule has 0 aliphatic carbocycles. The van der Waals surface area contributed by atoms with Crippen molar-refractivity contribution in [3.05, 3.63) is 47.4 Å². The Hall–Kier alpha value is -3.03.